The molecule has 90 valence electrons. The van der Waals surface area contributed by atoms with E-state index in [-0.39, 0.29) is 17.3 Å². The van der Waals surface area contributed by atoms with Crippen molar-refractivity contribution < 1.29 is 17.0 Å². The fraction of sp³-hybridized carbons (Fsp3) is 0.400. The molecule has 0 N–H and O–H groups in total. The molecule has 16 heavy (non-hydrogen) atoms. The molecule has 0 aromatic heterocycles. The minimum Gasteiger partial charge on any atom is -0.254 e. The van der Waals surface area contributed by atoms with Crippen molar-refractivity contribution in [2.75, 3.05) is 17.3 Å². The molecule has 1 unspecified atom stereocenters. The number of benzene rings is 1. The molecule has 0 spiro atoms. The summed E-state index contributed by atoms with van der Waals surface area (Å²) in [6, 6.07) is 5.23. The van der Waals surface area contributed by atoms with Crippen molar-refractivity contribution in [1.29, 1.82) is 0 Å². The van der Waals surface area contributed by atoms with Crippen molar-refractivity contribution >= 4 is 20.6 Å². The lowest BCUT2D eigenvalue weighted by atomic mass is 10.4. The van der Waals surface area contributed by atoms with Crippen LogP contribution in [-0.2, 0) is 20.6 Å². The maximum atomic E-state index is 12.6. The van der Waals surface area contributed by atoms with Gasteiger partial charge in [0.2, 0.25) is 0 Å². The van der Waals surface area contributed by atoms with Gasteiger partial charge in [-0.2, -0.15) is 0 Å². The summed E-state index contributed by atoms with van der Waals surface area (Å²) < 4.78 is 46.6. The number of sulfone groups is 1. The third-order valence-corrected chi connectivity index (χ3v) is 5.43. The lowest BCUT2D eigenvalue weighted by molar-refractivity contribution is 0.598. The third kappa shape index (κ3) is 4.02. The van der Waals surface area contributed by atoms with Crippen molar-refractivity contribution in [1.82, 2.24) is 0 Å². The predicted octanol–water partition coefficient (Wildman–Crippen LogP) is 1.37. The smallest absolute Gasteiger partial charge is 0.150 e. The van der Waals surface area contributed by atoms with Gasteiger partial charge < -0.3 is 0 Å². The highest BCUT2D eigenvalue weighted by atomic mass is 32.2. The van der Waals surface area contributed by atoms with Gasteiger partial charge in [0.15, 0.2) is 9.84 Å². The van der Waals surface area contributed by atoms with Gasteiger partial charge in [0.05, 0.1) is 16.6 Å². The summed E-state index contributed by atoms with van der Waals surface area (Å²) >= 11 is 0. The Morgan fingerprint density at radius 3 is 2.31 bits per heavy atom. The first kappa shape index (κ1) is 13.3. The quantitative estimate of drug-likeness (QED) is 0.807. The Kier molecular flexibility index (Phi) is 4.61. The van der Waals surface area contributed by atoms with Gasteiger partial charge in [0.25, 0.3) is 0 Å². The van der Waals surface area contributed by atoms with Crippen molar-refractivity contribution in [3.63, 3.8) is 0 Å². The molecule has 1 aromatic rings. The van der Waals surface area contributed by atoms with Crippen LogP contribution in [0.1, 0.15) is 6.92 Å². The maximum absolute atomic E-state index is 12.6. The largest absolute Gasteiger partial charge is 0.254 e. The van der Waals surface area contributed by atoms with Crippen molar-refractivity contribution in [3.8, 4) is 0 Å². The molecule has 0 bridgehead atoms. The van der Waals surface area contributed by atoms with E-state index in [9.17, 15) is 17.0 Å². The van der Waals surface area contributed by atoms with Crippen LogP contribution < -0.4 is 0 Å². The minimum absolute atomic E-state index is 0.0492. The van der Waals surface area contributed by atoms with E-state index in [0.29, 0.717) is 4.90 Å². The highest BCUT2D eigenvalue weighted by molar-refractivity contribution is 7.93. The van der Waals surface area contributed by atoms with Gasteiger partial charge in [0.1, 0.15) is 5.82 Å². The Labute approximate surface area is 97.1 Å². The normalized spacial score (nSPS) is 13.6. The van der Waals surface area contributed by atoms with Crippen LogP contribution in [0.15, 0.2) is 29.2 Å². The summed E-state index contributed by atoms with van der Waals surface area (Å²) in [7, 11) is -4.48. The Morgan fingerprint density at radius 1 is 1.25 bits per heavy atom. The zero-order valence-corrected chi connectivity index (χ0v) is 10.5. The van der Waals surface area contributed by atoms with Crippen molar-refractivity contribution in [3.05, 3.63) is 30.1 Å². The van der Waals surface area contributed by atoms with Crippen LogP contribution >= 0.6 is 0 Å². The van der Waals surface area contributed by atoms with E-state index in [1.165, 1.54) is 24.3 Å². The van der Waals surface area contributed by atoms with E-state index >= 15 is 0 Å². The lowest BCUT2D eigenvalue weighted by Gasteiger charge is -2.02. The predicted molar refractivity (Wildman–Crippen MR) is 62.0 cm³/mol. The second kappa shape index (κ2) is 5.54. The Bertz CT molecular complexity index is 465. The topological polar surface area (TPSA) is 51.2 Å². The van der Waals surface area contributed by atoms with E-state index in [1.54, 1.807) is 6.92 Å². The first-order chi connectivity index (χ1) is 7.44. The number of rotatable bonds is 5. The second-order valence-corrected chi connectivity index (χ2v) is 7.28. The average Bonchev–Trinajstić information content (AvgIpc) is 2.27. The average molecular weight is 264 g/mol. The highest BCUT2D eigenvalue weighted by Gasteiger charge is 2.11. The molecule has 3 nitrogen and oxygen atoms in total. The van der Waals surface area contributed by atoms with Crippen LogP contribution in [0.3, 0.4) is 0 Å². The summed E-state index contributed by atoms with van der Waals surface area (Å²) in [6.45, 7) is 1.55. The second-order valence-electron chi connectivity index (χ2n) is 3.24. The van der Waals surface area contributed by atoms with Gasteiger partial charge in [0, 0.05) is 16.4 Å². The fourth-order valence-electron chi connectivity index (χ4n) is 1.05. The monoisotopic (exact) mass is 264 g/mol. The molecule has 6 heteroatoms. The molecule has 0 radical (unpaired) electrons. The molecule has 0 saturated carbocycles. The zero-order valence-electron chi connectivity index (χ0n) is 8.85. The molecule has 1 atom stereocenters. The standard InChI is InChI=1S/C10H13FO3S2/c1-2-16(13,14)8-7-15(12)10-5-3-9(11)4-6-10/h3-6H,2,7-8H2,1H3. The van der Waals surface area contributed by atoms with Crippen LogP contribution in [0.4, 0.5) is 4.39 Å². The van der Waals surface area contributed by atoms with Crippen LogP contribution in [0.5, 0.6) is 0 Å². The number of hydrogen-bond acceptors (Lipinski definition) is 3. The molecule has 0 aliphatic heterocycles. The van der Waals surface area contributed by atoms with Crippen LogP contribution in [-0.4, -0.2) is 29.9 Å². The van der Waals surface area contributed by atoms with Gasteiger partial charge in [-0.25, -0.2) is 12.8 Å². The molecule has 0 heterocycles. The van der Waals surface area contributed by atoms with Crippen molar-refractivity contribution in [2.45, 2.75) is 11.8 Å². The zero-order chi connectivity index (χ0) is 12.2. The van der Waals surface area contributed by atoms with Gasteiger partial charge in [-0.15, -0.1) is 0 Å². The molecule has 1 aromatic carbocycles. The summed E-state index contributed by atoms with van der Waals surface area (Å²) in [5, 5.41) is 0. The van der Waals surface area contributed by atoms with E-state index < -0.39 is 26.5 Å². The number of halogens is 1. The van der Waals surface area contributed by atoms with Crippen molar-refractivity contribution in [2.24, 2.45) is 0 Å². The summed E-state index contributed by atoms with van der Waals surface area (Å²) in [5.41, 5.74) is 0. The number of hydrogen-bond donors (Lipinski definition) is 0. The van der Waals surface area contributed by atoms with Gasteiger partial charge >= 0.3 is 0 Å². The fourth-order valence-corrected chi connectivity index (χ4v) is 3.64. The van der Waals surface area contributed by atoms with Gasteiger partial charge in [-0.05, 0) is 24.3 Å². The molecule has 0 saturated heterocycles. The van der Waals surface area contributed by atoms with Crippen LogP contribution in [0.2, 0.25) is 0 Å². The minimum atomic E-state index is -3.10. The van der Waals surface area contributed by atoms with Crippen LogP contribution in [0, 0.1) is 5.82 Å². The van der Waals surface area contributed by atoms with Gasteiger partial charge in [-0.3, -0.25) is 4.21 Å². The van der Waals surface area contributed by atoms with Crippen LogP contribution in [0.25, 0.3) is 0 Å². The Balaban J connectivity index is 2.63. The molecule has 0 aliphatic carbocycles. The van der Waals surface area contributed by atoms with E-state index in [1.807, 2.05) is 0 Å². The Hall–Kier alpha value is -0.750. The first-order valence-corrected chi connectivity index (χ1v) is 7.93. The van der Waals surface area contributed by atoms with E-state index in [4.69, 9.17) is 0 Å². The molecule has 0 amide bonds. The van der Waals surface area contributed by atoms with E-state index in [2.05, 4.69) is 0 Å². The highest BCUT2D eigenvalue weighted by Crippen LogP contribution is 2.08. The maximum Gasteiger partial charge on any atom is 0.150 e. The molecule has 0 aliphatic rings. The van der Waals surface area contributed by atoms with E-state index in [0.717, 1.165) is 0 Å². The first-order valence-electron chi connectivity index (χ1n) is 4.79. The summed E-state index contributed by atoms with van der Waals surface area (Å²) in [4.78, 5) is 0.452. The van der Waals surface area contributed by atoms with Gasteiger partial charge in [-0.1, -0.05) is 6.92 Å². The third-order valence-electron chi connectivity index (χ3n) is 2.10. The summed E-state index contributed by atoms with van der Waals surface area (Å²) in [6.07, 6.45) is 0. The Morgan fingerprint density at radius 2 is 1.81 bits per heavy atom. The lowest BCUT2D eigenvalue weighted by Crippen LogP contribution is -2.15. The molecule has 1 rings (SSSR count). The molecule has 0 fully saturated rings. The summed E-state index contributed by atoms with van der Waals surface area (Å²) in [5.74, 6) is -0.398. The molecular weight excluding hydrogens is 251 g/mol. The SMILES string of the molecule is CCS(=O)(=O)CCS(=O)c1ccc(F)cc1. The molecular formula is C10H13FO3S2.